The van der Waals surface area contributed by atoms with Crippen LogP contribution in [0.3, 0.4) is 0 Å². The van der Waals surface area contributed by atoms with Crippen molar-refractivity contribution in [1.29, 1.82) is 0 Å². The zero-order chi connectivity index (χ0) is 15.4. The first-order chi connectivity index (χ1) is 10.0. The van der Waals surface area contributed by atoms with Gasteiger partial charge in [-0.2, -0.15) is 0 Å². The number of nitrogens with zero attached hydrogens (tertiary/aromatic N) is 3. The molecule has 2 heterocycles. The minimum absolute atomic E-state index is 0.149. The Morgan fingerprint density at radius 2 is 2.00 bits per heavy atom. The zero-order valence-corrected chi connectivity index (χ0v) is 12.7. The van der Waals surface area contributed by atoms with Crippen LogP contribution in [0.4, 0.5) is 0 Å². The van der Waals surface area contributed by atoms with Gasteiger partial charge < -0.3 is 14.1 Å². The number of likely N-dealkylation sites (tertiary alicyclic amines) is 1. The monoisotopic (exact) mass is 295 g/mol. The summed E-state index contributed by atoms with van der Waals surface area (Å²) < 4.78 is 10.4. The maximum absolute atomic E-state index is 11.8. The third-order valence-electron chi connectivity index (χ3n) is 3.53. The number of amides is 1. The van der Waals surface area contributed by atoms with Gasteiger partial charge in [0.25, 0.3) is 0 Å². The van der Waals surface area contributed by atoms with Gasteiger partial charge in [0.15, 0.2) is 0 Å². The summed E-state index contributed by atoms with van der Waals surface area (Å²) >= 11 is 0. The van der Waals surface area contributed by atoms with Crippen LogP contribution in [0.5, 0.6) is 0 Å². The molecule has 0 atom stereocenters. The van der Waals surface area contributed by atoms with Crippen LogP contribution in [0, 0.1) is 0 Å². The number of ether oxygens (including phenoxy) is 1. The van der Waals surface area contributed by atoms with Crippen molar-refractivity contribution in [2.75, 3.05) is 19.7 Å². The minimum Gasteiger partial charge on any atom is -0.459 e. The molecule has 21 heavy (non-hydrogen) atoms. The standard InChI is InChI=1S/C14H21N3O4/c1-4-20-14(19)13(18)17-7-5-10(6-8-17)12-16-15-11(21-12)9(2)3/h9-10H,4-8H2,1-3H3. The molecular formula is C14H21N3O4. The average Bonchev–Trinajstić information content (AvgIpc) is 2.97. The first kappa shape index (κ1) is 15.5. The van der Waals surface area contributed by atoms with Crippen molar-refractivity contribution >= 4 is 11.9 Å². The van der Waals surface area contributed by atoms with E-state index in [0.29, 0.717) is 37.7 Å². The lowest BCUT2D eigenvalue weighted by atomic mass is 9.97. The highest BCUT2D eigenvalue weighted by molar-refractivity contribution is 6.32. The number of hydrogen-bond donors (Lipinski definition) is 0. The van der Waals surface area contributed by atoms with Gasteiger partial charge in [-0.3, -0.25) is 4.79 Å². The molecule has 1 aromatic rings. The topological polar surface area (TPSA) is 85.5 Å². The summed E-state index contributed by atoms with van der Waals surface area (Å²) in [5.41, 5.74) is 0. The number of carbonyl (C=O) groups is 2. The van der Waals surface area contributed by atoms with Crippen LogP contribution in [0.2, 0.25) is 0 Å². The molecule has 7 nitrogen and oxygen atoms in total. The highest BCUT2D eigenvalue weighted by Gasteiger charge is 2.30. The maximum Gasteiger partial charge on any atom is 0.397 e. The molecule has 1 aromatic heterocycles. The fourth-order valence-corrected chi connectivity index (χ4v) is 2.30. The third kappa shape index (κ3) is 3.59. The molecule has 0 bridgehead atoms. The Balaban J connectivity index is 1.90. The van der Waals surface area contributed by atoms with Gasteiger partial charge in [0.2, 0.25) is 11.8 Å². The average molecular weight is 295 g/mol. The first-order valence-electron chi connectivity index (χ1n) is 7.32. The van der Waals surface area contributed by atoms with Gasteiger partial charge in [0, 0.05) is 24.9 Å². The molecule has 1 saturated heterocycles. The number of piperidine rings is 1. The maximum atomic E-state index is 11.8. The van der Waals surface area contributed by atoms with Gasteiger partial charge in [-0.05, 0) is 19.8 Å². The van der Waals surface area contributed by atoms with Gasteiger partial charge in [0.05, 0.1) is 6.61 Å². The summed E-state index contributed by atoms with van der Waals surface area (Å²) in [6, 6.07) is 0. The lowest BCUT2D eigenvalue weighted by Crippen LogP contribution is -2.42. The summed E-state index contributed by atoms with van der Waals surface area (Å²) in [5.74, 6) is 0.268. The smallest absolute Gasteiger partial charge is 0.397 e. The molecule has 0 spiro atoms. The van der Waals surface area contributed by atoms with E-state index in [9.17, 15) is 9.59 Å². The zero-order valence-electron chi connectivity index (χ0n) is 12.7. The summed E-state index contributed by atoms with van der Waals surface area (Å²) in [6.07, 6.45) is 1.43. The molecule has 1 fully saturated rings. The van der Waals surface area contributed by atoms with Crippen molar-refractivity contribution in [3.63, 3.8) is 0 Å². The van der Waals surface area contributed by atoms with Crippen LogP contribution in [0.15, 0.2) is 4.42 Å². The molecule has 1 aliphatic rings. The number of hydrogen-bond acceptors (Lipinski definition) is 6. The summed E-state index contributed by atoms with van der Waals surface area (Å²) in [7, 11) is 0. The summed E-state index contributed by atoms with van der Waals surface area (Å²) in [5, 5.41) is 8.11. The van der Waals surface area contributed by atoms with Crippen LogP contribution in [0.25, 0.3) is 0 Å². The predicted octanol–water partition coefficient (Wildman–Crippen LogP) is 1.46. The Morgan fingerprint density at radius 3 is 2.52 bits per heavy atom. The molecule has 0 unspecified atom stereocenters. The van der Waals surface area contributed by atoms with Crippen LogP contribution in [-0.4, -0.2) is 46.7 Å². The predicted molar refractivity (Wildman–Crippen MR) is 73.6 cm³/mol. The molecule has 1 amide bonds. The quantitative estimate of drug-likeness (QED) is 0.620. The van der Waals surface area contributed by atoms with Gasteiger partial charge in [-0.1, -0.05) is 13.8 Å². The normalized spacial score (nSPS) is 16.3. The van der Waals surface area contributed by atoms with E-state index in [4.69, 9.17) is 9.15 Å². The number of carbonyl (C=O) groups excluding carboxylic acids is 2. The molecule has 1 aliphatic heterocycles. The summed E-state index contributed by atoms with van der Waals surface area (Å²) in [6.45, 7) is 6.89. The van der Waals surface area contributed by atoms with E-state index in [1.807, 2.05) is 13.8 Å². The van der Waals surface area contributed by atoms with Gasteiger partial charge >= 0.3 is 11.9 Å². The lowest BCUT2D eigenvalue weighted by Gasteiger charge is -2.29. The van der Waals surface area contributed by atoms with E-state index in [2.05, 4.69) is 10.2 Å². The van der Waals surface area contributed by atoms with Crippen molar-refractivity contribution in [3.8, 4) is 0 Å². The van der Waals surface area contributed by atoms with Gasteiger partial charge in [-0.25, -0.2) is 4.79 Å². The van der Waals surface area contributed by atoms with Crippen LogP contribution >= 0.6 is 0 Å². The van der Waals surface area contributed by atoms with E-state index < -0.39 is 11.9 Å². The highest BCUT2D eigenvalue weighted by Crippen LogP contribution is 2.28. The Kier molecular flexibility index (Phi) is 4.93. The van der Waals surface area contributed by atoms with E-state index >= 15 is 0 Å². The van der Waals surface area contributed by atoms with Crippen LogP contribution in [-0.2, 0) is 14.3 Å². The molecular weight excluding hydrogens is 274 g/mol. The fourth-order valence-electron chi connectivity index (χ4n) is 2.30. The molecule has 116 valence electrons. The molecule has 0 aromatic carbocycles. The van der Waals surface area contributed by atoms with Crippen molar-refractivity contribution in [3.05, 3.63) is 11.8 Å². The molecule has 0 N–H and O–H groups in total. The molecule has 7 heteroatoms. The Morgan fingerprint density at radius 1 is 1.33 bits per heavy atom. The van der Waals surface area contributed by atoms with Crippen LogP contribution in [0.1, 0.15) is 57.2 Å². The Labute approximate surface area is 123 Å². The number of aromatic nitrogens is 2. The van der Waals surface area contributed by atoms with Crippen LogP contribution < -0.4 is 0 Å². The Hall–Kier alpha value is -1.92. The number of rotatable bonds is 3. The molecule has 0 aliphatic carbocycles. The Bertz CT molecular complexity index is 504. The van der Waals surface area contributed by atoms with Crippen molar-refractivity contribution < 1.29 is 18.7 Å². The minimum atomic E-state index is -0.782. The second-order valence-electron chi connectivity index (χ2n) is 5.42. The molecule has 0 radical (unpaired) electrons. The van der Waals surface area contributed by atoms with Gasteiger partial charge in [0.1, 0.15) is 0 Å². The third-order valence-corrected chi connectivity index (χ3v) is 3.53. The molecule has 0 saturated carbocycles. The van der Waals surface area contributed by atoms with Crippen molar-refractivity contribution in [1.82, 2.24) is 15.1 Å². The SMILES string of the molecule is CCOC(=O)C(=O)N1CCC(c2nnc(C(C)C)o2)CC1. The van der Waals surface area contributed by atoms with Crippen molar-refractivity contribution in [2.45, 2.75) is 45.4 Å². The van der Waals surface area contributed by atoms with Gasteiger partial charge in [-0.15, -0.1) is 10.2 Å². The first-order valence-corrected chi connectivity index (χ1v) is 7.32. The summed E-state index contributed by atoms with van der Waals surface area (Å²) in [4.78, 5) is 24.8. The molecule has 2 rings (SSSR count). The van der Waals surface area contributed by atoms with E-state index in [1.165, 1.54) is 4.90 Å². The number of esters is 1. The second-order valence-corrected chi connectivity index (χ2v) is 5.42. The lowest BCUT2D eigenvalue weighted by molar-refractivity contribution is -0.160. The van der Waals surface area contributed by atoms with E-state index in [1.54, 1.807) is 6.92 Å². The second kappa shape index (κ2) is 6.69. The largest absolute Gasteiger partial charge is 0.459 e. The van der Waals surface area contributed by atoms with E-state index in [0.717, 1.165) is 0 Å². The highest BCUT2D eigenvalue weighted by atomic mass is 16.5. The van der Waals surface area contributed by atoms with Crippen molar-refractivity contribution in [2.24, 2.45) is 0 Å². The fraction of sp³-hybridized carbons (Fsp3) is 0.714. The van der Waals surface area contributed by atoms with E-state index in [-0.39, 0.29) is 18.4 Å².